The van der Waals surface area contributed by atoms with E-state index < -0.39 is 0 Å². The van der Waals surface area contributed by atoms with E-state index in [1.54, 1.807) is 6.20 Å². The van der Waals surface area contributed by atoms with E-state index in [1.165, 1.54) is 0 Å². The van der Waals surface area contributed by atoms with E-state index in [0.717, 1.165) is 39.3 Å². The van der Waals surface area contributed by atoms with E-state index in [0.29, 0.717) is 13.0 Å². The van der Waals surface area contributed by atoms with E-state index in [2.05, 4.69) is 4.98 Å². The molecule has 1 aromatic carbocycles. The number of rotatable bonds is 2. The van der Waals surface area contributed by atoms with Crippen molar-refractivity contribution in [3.05, 3.63) is 88.5 Å². The quantitative estimate of drug-likeness (QED) is 0.671. The molecule has 3 aromatic rings. The normalized spacial score (nSPS) is 18.5. The van der Waals surface area contributed by atoms with Crippen LogP contribution in [-0.4, -0.2) is 27.3 Å². The first-order valence-electron chi connectivity index (χ1n) is 8.67. The molecular weight excluding hydrogens is 326 g/mol. The number of fused-ring (bicyclic) bond motifs is 1. The van der Waals surface area contributed by atoms with Crippen molar-refractivity contribution >= 4 is 5.97 Å². The molecule has 5 heteroatoms. The van der Waals surface area contributed by atoms with Crippen molar-refractivity contribution in [2.24, 2.45) is 0 Å². The molecule has 1 atom stereocenters. The van der Waals surface area contributed by atoms with Crippen LogP contribution in [0.15, 0.2) is 66.0 Å². The Kier molecular flexibility index (Phi) is 3.28. The second-order valence-corrected chi connectivity index (χ2v) is 6.68. The fourth-order valence-electron chi connectivity index (χ4n) is 4.06. The second-order valence-electron chi connectivity index (χ2n) is 6.68. The minimum absolute atomic E-state index is 0.171. The summed E-state index contributed by atoms with van der Waals surface area (Å²) in [7, 11) is 0. The SMILES string of the molecule is Cc1nn(-c2ccccc2)c2c1C(c1cccnc1)C1=C(COC1=O)C2. The first-order valence-corrected chi connectivity index (χ1v) is 8.67. The van der Waals surface area contributed by atoms with Gasteiger partial charge in [-0.3, -0.25) is 4.98 Å². The number of para-hydroxylation sites is 1. The zero-order valence-electron chi connectivity index (χ0n) is 14.3. The summed E-state index contributed by atoms with van der Waals surface area (Å²) in [5.74, 6) is -0.388. The van der Waals surface area contributed by atoms with Crippen molar-refractivity contribution in [1.29, 1.82) is 0 Å². The average Bonchev–Trinajstić information content (AvgIpc) is 3.22. The zero-order chi connectivity index (χ0) is 17.7. The van der Waals surface area contributed by atoms with Crippen molar-refractivity contribution in [3.8, 4) is 5.69 Å². The highest BCUT2D eigenvalue weighted by atomic mass is 16.5. The van der Waals surface area contributed by atoms with Crippen LogP contribution < -0.4 is 0 Å². The lowest BCUT2D eigenvalue weighted by Gasteiger charge is -2.24. The highest BCUT2D eigenvalue weighted by Crippen LogP contribution is 2.45. The molecule has 0 radical (unpaired) electrons. The molecule has 128 valence electrons. The fraction of sp³-hybridized carbons (Fsp3) is 0.190. The minimum Gasteiger partial charge on any atom is -0.458 e. The van der Waals surface area contributed by atoms with Gasteiger partial charge in [-0.25, -0.2) is 9.48 Å². The predicted octanol–water partition coefficient (Wildman–Crippen LogP) is 3.12. The van der Waals surface area contributed by atoms with E-state index in [9.17, 15) is 4.79 Å². The van der Waals surface area contributed by atoms with Gasteiger partial charge in [-0.2, -0.15) is 5.10 Å². The Bertz CT molecular complexity index is 1040. The molecule has 5 rings (SSSR count). The summed E-state index contributed by atoms with van der Waals surface area (Å²) in [5.41, 5.74) is 6.99. The summed E-state index contributed by atoms with van der Waals surface area (Å²) in [6.07, 6.45) is 4.26. The van der Waals surface area contributed by atoms with Crippen LogP contribution in [0.25, 0.3) is 5.69 Å². The maximum absolute atomic E-state index is 12.5. The van der Waals surface area contributed by atoms with Crippen LogP contribution in [-0.2, 0) is 16.0 Å². The summed E-state index contributed by atoms with van der Waals surface area (Å²) in [6, 6.07) is 14.0. The minimum atomic E-state index is -0.216. The third-order valence-corrected chi connectivity index (χ3v) is 5.16. The van der Waals surface area contributed by atoms with Gasteiger partial charge in [0.1, 0.15) is 6.61 Å². The number of carbonyl (C=O) groups excluding carboxylic acids is 1. The lowest BCUT2D eigenvalue weighted by Crippen LogP contribution is -2.19. The first-order chi connectivity index (χ1) is 12.7. The number of benzene rings is 1. The van der Waals surface area contributed by atoms with Crippen molar-refractivity contribution in [2.45, 2.75) is 19.3 Å². The van der Waals surface area contributed by atoms with E-state index in [4.69, 9.17) is 9.84 Å². The third kappa shape index (κ3) is 2.13. The Balaban J connectivity index is 1.76. The van der Waals surface area contributed by atoms with Crippen molar-refractivity contribution in [1.82, 2.24) is 14.8 Å². The van der Waals surface area contributed by atoms with Crippen LogP contribution in [0, 0.1) is 6.92 Å². The molecule has 3 heterocycles. The maximum atomic E-state index is 12.5. The standard InChI is InChI=1S/C21H17N3O2/c1-13-18-17(24(23-13)16-7-3-2-4-8-16)10-15-12-26-21(25)20(15)19(18)14-6-5-9-22-11-14/h2-9,11,19H,10,12H2,1H3. The number of aromatic nitrogens is 3. The van der Waals surface area contributed by atoms with Crippen LogP contribution >= 0.6 is 0 Å². The second kappa shape index (κ2) is 5.66. The van der Waals surface area contributed by atoms with Gasteiger partial charge >= 0.3 is 5.97 Å². The summed E-state index contributed by atoms with van der Waals surface area (Å²) in [5, 5.41) is 4.81. The number of esters is 1. The number of nitrogens with zero attached hydrogens (tertiary/aromatic N) is 3. The molecule has 1 aliphatic heterocycles. The average molecular weight is 343 g/mol. The Hall–Kier alpha value is -3.21. The van der Waals surface area contributed by atoms with Crippen molar-refractivity contribution in [2.75, 3.05) is 6.61 Å². The van der Waals surface area contributed by atoms with Crippen molar-refractivity contribution < 1.29 is 9.53 Å². The van der Waals surface area contributed by atoms with Crippen LogP contribution in [0.3, 0.4) is 0 Å². The topological polar surface area (TPSA) is 57.0 Å². The molecule has 0 bridgehead atoms. The predicted molar refractivity (Wildman–Crippen MR) is 96.1 cm³/mol. The third-order valence-electron chi connectivity index (χ3n) is 5.16. The van der Waals surface area contributed by atoms with Gasteiger partial charge in [-0.1, -0.05) is 24.3 Å². The van der Waals surface area contributed by atoms with Gasteiger partial charge in [-0.15, -0.1) is 0 Å². The molecule has 2 aliphatic rings. The molecule has 0 saturated heterocycles. The summed E-state index contributed by atoms with van der Waals surface area (Å²) in [4.78, 5) is 16.7. The number of hydrogen-bond acceptors (Lipinski definition) is 4. The van der Waals surface area contributed by atoms with Gasteiger partial charge in [0.25, 0.3) is 0 Å². The number of pyridine rings is 1. The van der Waals surface area contributed by atoms with Crippen LogP contribution in [0.1, 0.15) is 28.4 Å². The van der Waals surface area contributed by atoms with Gasteiger partial charge in [0.05, 0.1) is 22.6 Å². The van der Waals surface area contributed by atoms with Crippen LogP contribution in [0.5, 0.6) is 0 Å². The Morgan fingerprint density at radius 1 is 1.15 bits per heavy atom. The molecule has 0 N–H and O–H groups in total. The van der Waals surface area contributed by atoms with E-state index >= 15 is 0 Å². The monoisotopic (exact) mass is 343 g/mol. The number of carbonyl (C=O) groups is 1. The number of hydrogen-bond donors (Lipinski definition) is 0. The van der Waals surface area contributed by atoms with E-state index in [-0.39, 0.29) is 11.9 Å². The van der Waals surface area contributed by atoms with Crippen molar-refractivity contribution in [3.63, 3.8) is 0 Å². The van der Waals surface area contributed by atoms with Crippen LogP contribution in [0.4, 0.5) is 0 Å². The summed E-state index contributed by atoms with van der Waals surface area (Å²) >= 11 is 0. The summed E-state index contributed by atoms with van der Waals surface area (Å²) in [6.45, 7) is 2.37. The molecule has 0 spiro atoms. The molecule has 5 nitrogen and oxygen atoms in total. The Morgan fingerprint density at radius 3 is 2.77 bits per heavy atom. The molecule has 0 saturated carbocycles. The molecule has 2 aromatic heterocycles. The van der Waals surface area contributed by atoms with Crippen LogP contribution in [0.2, 0.25) is 0 Å². The molecule has 1 aliphatic carbocycles. The highest BCUT2D eigenvalue weighted by molar-refractivity contribution is 5.95. The number of aryl methyl sites for hydroxylation is 1. The van der Waals surface area contributed by atoms with Gasteiger partial charge < -0.3 is 4.74 Å². The molecule has 1 unspecified atom stereocenters. The molecule has 0 amide bonds. The highest BCUT2D eigenvalue weighted by Gasteiger charge is 2.41. The number of ether oxygens (including phenoxy) is 1. The Morgan fingerprint density at radius 2 is 2.00 bits per heavy atom. The molecule has 26 heavy (non-hydrogen) atoms. The molecule has 0 fully saturated rings. The van der Waals surface area contributed by atoms with Gasteiger partial charge in [0, 0.05) is 30.3 Å². The zero-order valence-corrected chi connectivity index (χ0v) is 14.3. The first kappa shape index (κ1) is 15.1. The molecular formula is C21H17N3O2. The van der Waals surface area contributed by atoms with Gasteiger partial charge in [-0.05, 0) is 36.3 Å². The lowest BCUT2D eigenvalue weighted by molar-refractivity contribution is -0.136. The fourth-order valence-corrected chi connectivity index (χ4v) is 4.06. The maximum Gasteiger partial charge on any atom is 0.335 e. The Labute approximate surface area is 151 Å². The van der Waals surface area contributed by atoms with Gasteiger partial charge in [0.15, 0.2) is 0 Å². The van der Waals surface area contributed by atoms with E-state index in [1.807, 2.05) is 60.3 Å². The lowest BCUT2D eigenvalue weighted by atomic mass is 9.77. The largest absolute Gasteiger partial charge is 0.458 e. The summed E-state index contributed by atoms with van der Waals surface area (Å²) < 4.78 is 7.38. The van der Waals surface area contributed by atoms with Gasteiger partial charge in [0.2, 0.25) is 0 Å². The number of cyclic esters (lactones) is 1. The smallest absolute Gasteiger partial charge is 0.335 e.